The van der Waals surface area contributed by atoms with E-state index < -0.39 is 0 Å². The number of aliphatic hydroxyl groups is 1. The summed E-state index contributed by atoms with van der Waals surface area (Å²) in [5.74, 6) is 2.27. The molecule has 16 heavy (non-hydrogen) atoms. The van der Waals surface area contributed by atoms with Gasteiger partial charge in [-0.25, -0.2) is 0 Å². The molecule has 0 saturated heterocycles. The zero-order valence-corrected chi connectivity index (χ0v) is 9.36. The fraction of sp³-hybridized carbons (Fsp3) is 0.231. The van der Waals surface area contributed by atoms with Crippen molar-refractivity contribution in [3.8, 4) is 17.1 Å². The number of rotatable bonds is 3. The molecule has 0 unspecified atom stereocenters. The average Bonchev–Trinajstić information content (AvgIpc) is 2.74. The van der Waals surface area contributed by atoms with Gasteiger partial charge in [-0.1, -0.05) is 12.1 Å². The Bertz CT molecular complexity index is 486. The highest BCUT2D eigenvalue weighted by Crippen LogP contribution is 2.31. The van der Waals surface area contributed by atoms with Crippen LogP contribution in [0.1, 0.15) is 11.3 Å². The Morgan fingerprint density at radius 2 is 2.06 bits per heavy atom. The molecule has 0 aliphatic carbocycles. The van der Waals surface area contributed by atoms with E-state index in [0.29, 0.717) is 5.75 Å². The van der Waals surface area contributed by atoms with Crippen LogP contribution in [0.15, 0.2) is 34.7 Å². The van der Waals surface area contributed by atoms with E-state index in [9.17, 15) is 5.11 Å². The van der Waals surface area contributed by atoms with Gasteiger partial charge in [0.15, 0.2) is 0 Å². The first-order valence-corrected chi connectivity index (χ1v) is 5.10. The summed E-state index contributed by atoms with van der Waals surface area (Å²) in [6.07, 6.45) is 0. The van der Waals surface area contributed by atoms with Crippen molar-refractivity contribution >= 4 is 0 Å². The highest BCUT2D eigenvalue weighted by Gasteiger charge is 2.12. The van der Waals surface area contributed by atoms with E-state index in [0.717, 1.165) is 22.6 Å². The summed E-state index contributed by atoms with van der Waals surface area (Å²) >= 11 is 0. The van der Waals surface area contributed by atoms with Crippen LogP contribution in [0.5, 0.6) is 5.75 Å². The molecule has 84 valence electrons. The van der Waals surface area contributed by atoms with Gasteiger partial charge in [-0.05, 0) is 25.1 Å². The summed E-state index contributed by atoms with van der Waals surface area (Å²) in [4.78, 5) is 0. The summed E-state index contributed by atoms with van der Waals surface area (Å²) in [5.41, 5.74) is 1.62. The molecular formula is C13H14O3. The van der Waals surface area contributed by atoms with Crippen LogP contribution in [0.3, 0.4) is 0 Å². The van der Waals surface area contributed by atoms with Crippen LogP contribution in [0.25, 0.3) is 11.3 Å². The van der Waals surface area contributed by atoms with Crippen molar-refractivity contribution in [3.05, 3.63) is 41.7 Å². The third-order valence-corrected chi connectivity index (χ3v) is 2.52. The Labute approximate surface area is 94.3 Å². The molecule has 0 fully saturated rings. The number of hydrogen-bond donors (Lipinski definition) is 1. The number of benzene rings is 1. The van der Waals surface area contributed by atoms with Crippen LogP contribution >= 0.6 is 0 Å². The molecule has 2 rings (SSSR count). The van der Waals surface area contributed by atoms with Crippen LogP contribution in [0.2, 0.25) is 0 Å². The smallest absolute Gasteiger partial charge is 0.134 e. The van der Waals surface area contributed by atoms with Crippen molar-refractivity contribution in [2.24, 2.45) is 0 Å². The van der Waals surface area contributed by atoms with Crippen LogP contribution in [-0.2, 0) is 6.61 Å². The summed E-state index contributed by atoms with van der Waals surface area (Å²) in [6, 6.07) is 9.40. The van der Waals surface area contributed by atoms with Crippen LogP contribution < -0.4 is 4.74 Å². The molecule has 2 aromatic rings. The second-order valence-electron chi connectivity index (χ2n) is 3.55. The molecule has 1 N–H and O–H groups in total. The first-order valence-electron chi connectivity index (χ1n) is 5.10. The van der Waals surface area contributed by atoms with Crippen molar-refractivity contribution < 1.29 is 14.3 Å². The maximum Gasteiger partial charge on any atom is 0.134 e. The van der Waals surface area contributed by atoms with Crippen molar-refractivity contribution in [2.45, 2.75) is 13.5 Å². The van der Waals surface area contributed by atoms with E-state index in [-0.39, 0.29) is 6.61 Å². The third-order valence-electron chi connectivity index (χ3n) is 2.52. The maximum atomic E-state index is 9.38. The molecule has 1 heterocycles. The third kappa shape index (κ3) is 1.82. The first kappa shape index (κ1) is 10.8. The standard InChI is InChI=1S/C13H14O3/c1-9-6-7-13(16-9)10-4-3-5-12(15-2)11(10)8-14/h3-7,14H,8H2,1-2H3. The van der Waals surface area contributed by atoms with Crippen molar-refractivity contribution in [3.63, 3.8) is 0 Å². The fourth-order valence-corrected chi connectivity index (χ4v) is 1.73. The zero-order valence-electron chi connectivity index (χ0n) is 9.36. The van der Waals surface area contributed by atoms with E-state index in [4.69, 9.17) is 9.15 Å². The quantitative estimate of drug-likeness (QED) is 0.861. The number of hydrogen-bond acceptors (Lipinski definition) is 3. The number of aryl methyl sites for hydroxylation is 1. The summed E-state index contributed by atoms with van der Waals surface area (Å²) in [5, 5.41) is 9.38. The molecule has 0 spiro atoms. The lowest BCUT2D eigenvalue weighted by molar-refractivity contribution is 0.274. The molecule has 0 aliphatic heterocycles. The summed E-state index contributed by atoms with van der Waals surface area (Å²) < 4.78 is 10.7. The molecule has 3 nitrogen and oxygen atoms in total. The van der Waals surface area contributed by atoms with E-state index >= 15 is 0 Å². The number of methoxy groups -OCH3 is 1. The minimum atomic E-state index is -0.0703. The highest BCUT2D eigenvalue weighted by molar-refractivity contribution is 5.65. The Hall–Kier alpha value is -1.74. The van der Waals surface area contributed by atoms with E-state index in [1.807, 2.05) is 37.3 Å². The van der Waals surface area contributed by atoms with Crippen LogP contribution in [0.4, 0.5) is 0 Å². The van der Waals surface area contributed by atoms with E-state index in [1.165, 1.54) is 0 Å². The molecule has 1 aromatic heterocycles. The SMILES string of the molecule is COc1cccc(-c2ccc(C)o2)c1CO. The average molecular weight is 218 g/mol. The van der Waals surface area contributed by atoms with Gasteiger partial charge < -0.3 is 14.3 Å². The van der Waals surface area contributed by atoms with Crippen molar-refractivity contribution in [1.29, 1.82) is 0 Å². The number of ether oxygens (including phenoxy) is 1. The Balaban J connectivity index is 2.56. The van der Waals surface area contributed by atoms with Crippen molar-refractivity contribution in [2.75, 3.05) is 7.11 Å². The van der Waals surface area contributed by atoms with Gasteiger partial charge in [0.2, 0.25) is 0 Å². The highest BCUT2D eigenvalue weighted by atomic mass is 16.5. The lowest BCUT2D eigenvalue weighted by Gasteiger charge is -2.09. The summed E-state index contributed by atoms with van der Waals surface area (Å²) in [6.45, 7) is 1.82. The van der Waals surface area contributed by atoms with Gasteiger partial charge in [0.25, 0.3) is 0 Å². The van der Waals surface area contributed by atoms with E-state index in [1.54, 1.807) is 7.11 Å². The number of furan rings is 1. The predicted molar refractivity (Wildman–Crippen MR) is 61.4 cm³/mol. The summed E-state index contributed by atoms with van der Waals surface area (Å²) in [7, 11) is 1.59. The number of aliphatic hydroxyl groups excluding tert-OH is 1. The molecular weight excluding hydrogens is 204 g/mol. The normalized spacial score (nSPS) is 10.4. The lowest BCUT2D eigenvalue weighted by atomic mass is 10.0. The van der Waals surface area contributed by atoms with Gasteiger partial charge >= 0.3 is 0 Å². The molecule has 0 aliphatic rings. The van der Waals surface area contributed by atoms with Crippen LogP contribution in [0, 0.1) is 6.92 Å². The fourth-order valence-electron chi connectivity index (χ4n) is 1.73. The van der Waals surface area contributed by atoms with Gasteiger partial charge in [-0.3, -0.25) is 0 Å². The second-order valence-corrected chi connectivity index (χ2v) is 3.55. The second kappa shape index (κ2) is 4.41. The topological polar surface area (TPSA) is 42.6 Å². The van der Waals surface area contributed by atoms with Crippen molar-refractivity contribution in [1.82, 2.24) is 0 Å². The van der Waals surface area contributed by atoms with Gasteiger partial charge in [0, 0.05) is 11.1 Å². The molecule has 0 bridgehead atoms. The Morgan fingerprint density at radius 3 is 2.62 bits per heavy atom. The minimum absolute atomic E-state index is 0.0703. The molecule has 0 saturated carbocycles. The maximum absolute atomic E-state index is 9.38. The Kier molecular flexibility index (Phi) is 2.97. The minimum Gasteiger partial charge on any atom is -0.496 e. The largest absolute Gasteiger partial charge is 0.496 e. The lowest BCUT2D eigenvalue weighted by Crippen LogP contribution is -1.94. The Morgan fingerprint density at radius 1 is 1.25 bits per heavy atom. The monoisotopic (exact) mass is 218 g/mol. The first-order chi connectivity index (χ1) is 7.76. The van der Waals surface area contributed by atoms with Gasteiger partial charge in [-0.2, -0.15) is 0 Å². The predicted octanol–water partition coefficient (Wildman–Crippen LogP) is 2.76. The van der Waals surface area contributed by atoms with Gasteiger partial charge in [-0.15, -0.1) is 0 Å². The molecule has 0 radical (unpaired) electrons. The molecule has 1 aromatic carbocycles. The molecule has 0 amide bonds. The molecule has 0 atom stereocenters. The van der Waals surface area contributed by atoms with Gasteiger partial charge in [0.05, 0.1) is 13.7 Å². The molecule has 3 heteroatoms. The van der Waals surface area contributed by atoms with Crippen LogP contribution in [-0.4, -0.2) is 12.2 Å². The zero-order chi connectivity index (χ0) is 11.5. The van der Waals surface area contributed by atoms with E-state index in [2.05, 4.69) is 0 Å². The van der Waals surface area contributed by atoms with Gasteiger partial charge in [0.1, 0.15) is 17.3 Å².